The van der Waals surface area contributed by atoms with Gasteiger partial charge >= 0.3 is 18.9 Å². The number of carbonyl (C=O) groups is 1. The Hall–Kier alpha value is -0.0826. The number of Topliss-reactive ketones (excluding diaryl/α,β-unsaturated/α-hetero) is 1. The van der Waals surface area contributed by atoms with E-state index in [1.807, 2.05) is 26.8 Å². The monoisotopic (exact) mass is 214 g/mol. The van der Waals surface area contributed by atoms with Gasteiger partial charge in [-0.25, -0.2) is 0 Å². The van der Waals surface area contributed by atoms with Crippen LogP contribution in [-0.4, -0.2) is 11.9 Å². The molecule has 0 bridgehead atoms. The first kappa shape index (κ1) is 14.9. The number of aryl methyl sites for hydroxylation is 2. The summed E-state index contributed by atoms with van der Waals surface area (Å²) in [6, 6.07) is 4.08. The molecule has 0 aliphatic heterocycles. The van der Waals surface area contributed by atoms with Gasteiger partial charge in [-0.15, -0.1) is 0 Å². The minimum atomic E-state index is 0. The fourth-order valence-corrected chi connectivity index (χ4v) is 1.85. The van der Waals surface area contributed by atoms with Crippen molar-refractivity contribution in [3.63, 3.8) is 0 Å². The summed E-state index contributed by atoms with van der Waals surface area (Å²) in [5, 5.41) is 0. The Kier molecular flexibility index (Phi) is 6.45. The van der Waals surface area contributed by atoms with Crippen LogP contribution in [-0.2, 0) is 0 Å². The Morgan fingerprint density at radius 1 is 1.20 bits per heavy atom. The topological polar surface area (TPSA) is 17.1 Å². The first-order valence-electron chi connectivity index (χ1n) is 4.82. The van der Waals surface area contributed by atoms with Crippen molar-refractivity contribution in [2.24, 2.45) is 0 Å². The van der Waals surface area contributed by atoms with Gasteiger partial charge in [-0.3, -0.25) is 4.79 Å². The van der Waals surface area contributed by atoms with E-state index in [1.54, 1.807) is 0 Å². The molecule has 3 heteroatoms. The molecule has 0 aliphatic rings. The average molecular weight is 214 g/mol. The van der Waals surface area contributed by atoms with Crippen molar-refractivity contribution in [1.82, 2.24) is 0 Å². The molecule has 15 heavy (non-hydrogen) atoms. The van der Waals surface area contributed by atoms with Gasteiger partial charge < -0.3 is 9.24 Å². The first-order chi connectivity index (χ1) is 6.57. The van der Waals surface area contributed by atoms with E-state index in [-0.39, 0.29) is 24.6 Å². The number of carbonyl (C=O) groups excluding carboxylic acids is 1. The summed E-state index contributed by atoms with van der Waals surface area (Å²) in [6.45, 7) is 6.05. The number of hydrogen-bond donors (Lipinski definition) is 0. The fourth-order valence-electron chi connectivity index (χ4n) is 1.62. The van der Waals surface area contributed by atoms with Gasteiger partial charge in [0.2, 0.25) is 0 Å². The summed E-state index contributed by atoms with van der Waals surface area (Å²) in [7, 11) is 3.34. The van der Waals surface area contributed by atoms with Crippen molar-refractivity contribution in [2.75, 3.05) is 6.16 Å². The summed E-state index contributed by atoms with van der Waals surface area (Å²) in [4.78, 5) is 11.8. The van der Waals surface area contributed by atoms with Gasteiger partial charge in [0, 0.05) is 5.56 Å². The van der Waals surface area contributed by atoms with E-state index >= 15 is 0 Å². The zero-order chi connectivity index (χ0) is 10.7. The summed E-state index contributed by atoms with van der Waals surface area (Å²) in [5.74, 6) is 0.235. The van der Waals surface area contributed by atoms with Gasteiger partial charge in [-0.1, -0.05) is 12.1 Å². The normalized spacial score (nSPS) is 9.60. The summed E-state index contributed by atoms with van der Waals surface area (Å²) in [5.41, 5.74) is 4.30. The van der Waals surface area contributed by atoms with E-state index in [1.165, 1.54) is 5.56 Å². The van der Waals surface area contributed by atoms with Gasteiger partial charge in [0.1, 0.15) is 0 Å². The predicted octanol–water partition coefficient (Wildman–Crippen LogP) is 0.331. The number of rotatable bonds is 3. The first-order valence-corrected chi connectivity index (χ1v) is 5.53. The van der Waals surface area contributed by atoms with Crippen molar-refractivity contribution < 1.29 is 23.7 Å². The standard InChI is InChI=1S/C12H16OP.Li/c1-8-4-5-9(2)12(10(8)3)11(13)6-7-14;/h4-5,14H,6-7H2,1-3H3;/q-1;+1. The second-order valence-electron chi connectivity index (χ2n) is 3.62. The van der Waals surface area contributed by atoms with E-state index < -0.39 is 0 Å². The Morgan fingerprint density at radius 2 is 1.73 bits per heavy atom. The van der Waals surface area contributed by atoms with Gasteiger partial charge in [-0.2, -0.15) is 6.16 Å². The molecule has 0 aliphatic carbocycles. The largest absolute Gasteiger partial charge is 1.00 e. The molecule has 0 saturated carbocycles. The Morgan fingerprint density at radius 3 is 2.27 bits per heavy atom. The molecule has 0 heterocycles. The van der Waals surface area contributed by atoms with E-state index in [4.69, 9.17) is 0 Å². The fraction of sp³-hybridized carbons (Fsp3) is 0.417. The molecule has 0 atom stereocenters. The molecule has 0 aromatic heterocycles. The molecular weight excluding hydrogens is 198 g/mol. The molecule has 0 amide bonds. The van der Waals surface area contributed by atoms with Crippen molar-refractivity contribution in [3.8, 4) is 0 Å². The Bertz CT molecular complexity index is 361. The van der Waals surface area contributed by atoms with E-state index in [2.05, 4.69) is 15.3 Å². The maximum Gasteiger partial charge on any atom is 1.00 e. The van der Waals surface area contributed by atoms with Gasteiger partial charge in [0.15, 0.2) is 5.78 Å². The van der Waals surface area contributed by atoms with Gasteiger partial charge in [0.05, 0.1) is 0 Å². The van der Waals surface area contributed by atoms with Crippen LogP contribution in [0.2, 0.25) is 0 Å². The maximum absolute atomic E-state index is 11.8. The molecule has 1 nitrogen and oxygen atoms in total. The smallest absolute Gasteiger partial charge is 0.558 e. The predicted molar refractivity (Wildman–Crippen MR) is 62.8 cm³/mol. The van der Waals surface area contributed by atoms with Crippen molar-refractivity contribution in [3.05, 3.63) is 34.4 Å². The molecule has 1 aromatic carbocycles. The molecule has 0 N–H and O–H groups in total. The second-order valence-corrected chi connectivity index (χ2v) is 4.12. The summed E-state index contributed by atoms with van der Waals surface area (Å²) >= 11 is 0. The van der Waals surface area contributed by atoms with Gasteiger partial charge in [-0.05, 0) is 43.9 Å². The minimum Gasteiger partial charge on any atom is -0.558 e. The van der Waals surface area contributed by atoms with Crippen molar-refractivity contribution >= 4 is 15.0 Å². The summed E-state index contributed by atoms with van der Waals surface area (Å²) < 4.78 is 0. The van der Waals surface area contributed by atoms with E-state index in [9.17, 15) is 4.79 Å². The molecule has 1 rings (SSSR count). The third kappa shape index (κ3) is 3.46. The second kappa shape index (κ2) is 6.49. The minimum absolute atomic E-state index is 0. The van der Waals surface area contributed by atoms with Crippen molar-refractivity contribution in [1.29, 1.82) is 0 Å². The van der Waals surface area contributed by atoms with Crippen LogP contribution >= 0.6 is 9.24 Å². The zero-order valence-electron chi connectivity index (χ0n) is 9.98. The third-order valence-electron chi connectivity index (χ3n) is 2.58. The van der Waals surface area contributed by atoms with Crippen LogP contribution in [0.1, 0.15) is 33.5 Å². The van der Waals surface area contributed by atoms with E-state index in [0.29, 0.717) is 6.42 Å². The number of benzene rings is 1. The molecule has 0 fully saturated rings. The van der Waals surface area contributed by atoms with Crippen molar-refractivity contribution in [2.45, 2.75) is 27.2 Å². The molecular formula is C12H16LiOP. The van der Waals surface area contributed by atoms with Crippen LogP contribution in [0, 0.1) is 20.8 Å². The van der Waals surface area contributed by atoms with Crippen LogP contribution in [0.25, 0.3) is 0 Å². The zero-order valence-corrected chi connectivity index (χ0v) is 11.0. The Balaban J connectivity index is 0.00000196. The molecule has 1 aromatic rings. The van der Waals surface area contributed by atoms with Gasteiger partial charge in [0.25, 0.3) is 0 Å². The average Bonchev–Trinajstić information content (AvgIpc) is 2.13. The van der Waals surface area contributed by atoms with Crippen LogP contribution in [0.3, 0.4) is 0 Å². The maximum atomic E-state index is 11.8. The molecule has 76 valence electrons. The van der Waals surface area contributed by atoms with Crippen LogP contribution in [0.15, 0.2) is 12.1 Å². The quantitative estimate of drug-likeness (QED) is 0.402. The van der Waals surface area contributed by atoms with Crippen LogP contribution in [0.4, 0.5) is 0 Å². The number of ketones is 1. The van der Waals surface area contributed by atoms with Crippen LogP contribution < -0.4 is 18.9 Å². The third-order valence-corrected chi connectivity index (χ3v) is 2.83. The molecule has 0 spiro atoms. The molecule has 0 saturated heterocycles. The van der Waals surface area contributed by atoms with Crippen LogP contribution in [0.5, 0.6) is 0 Å². The summed E-state index contributed by atoms with van der Waals surface area (Å²) in [6.07, 6.45) is 1.30. The number of hydrogen-bond acceptors (Lipinski definition) is 1. The van der Waals surface area contributed by atoms with E-state index in [0.717, 1.165) is 22.9 Å². The Labute approximate surface area is 106 Å². The molecule has 0 radical (unpaired) electrons. The molecule has 0 unspecified atom stereocenters. The SMILES string of the molecule is Cc1ccc(C)c(C(=O)CC[PH-])c1C.[Li+].